The van der Waals surface area contributed by atoms with Crippen molar-refractivity contribution < 1.29 is 12.8 Å². The Balaban J connectivity index is 1.41. The van der Waals surface area contributed by atoms with Crippen LogP contribution in [0, 0.1) is 5.82 Å². The summed E-state index contributed by atoms with van der Waals surface area (Å²) in [5.74, 6) is 0.371. The van der Waals surface area contributed by atoms with Crippen molar-refractivity contribution in [2.24, 2.45) is 7.05 Å². The zero-order valence-electron chi connectivity index (χ0n) is 15.4. The molecule has 8 nitrogen and oxygen atoms in total. The van der Waals surface area contributed by atoms with Crippen LogP contribution in [0.2, 0.25) is 0 Å². The summed E-state index contributed by atoms with van der Waals surface area (Å²) >= 11 is 0. The highest BCUT2D eigenvalue weighted by molar-refractivity contribution is 7.89. The molecule has 10 heteroatoms. The summed E-state index contributed by atoms with van der Waals surface area (Å²) in [6.07, 6.45) is 2.95. The third-order valence-electron chi connectivity index (χ3n) is 4.82. The van der Waals surface area contributed by atoms with Gasteiger partial charge in [0, 0.05) is 38.9 Å². The van der Waals surface area contributed by atoms with Crippen LogP contribution in [0.3, 0.4) is 0 Å². The fraction of sp³-hybridized carbons (Fsp3) is 0.278. The number of hydrogen-bond donors (Lipinski definition) is 0. The smallest absolute Gasteiger partial charge is 0.262 e. The second kappa shape index (κ2) is 6.95. The van der Waals surface area contributed by atoms with E-state index in [0.717, 1.165) is 5.56 Å². The third-order valence-corrected chi connectivity index (χ3v) is 6.61. The van der Waals surface area contributed by atoms with Crippen molar-refractivity contribution in [1.29, 1.82) is 0 Å². The van der Waals surface area contributed by atoms with Gasteiger partial charge >= 0.3 is 0 Å². The van der Waals surface area contributed by atoms with Crippen molar-refractivity contribution >= 4 is 15.8 Å². The van der Waals surface area contributed by atoms with E-state index in [1.165, 1.54) is 29.0 Å². The number of likely N-dealkylation sites (N-methyl/N-ethyl adjacent to an activating group) is 1. The Morgan fingerprint density at radius 3 is 2.39 bits per heavy atom. The number of benzene rings is 1. The second-order valence-electron chi connectivity index (χ2n) is 6.74. The van der Waals surface area contributed by atoms with Crippen molar-refractivity contribution in [2.45, 2.75) is 11.1 Å². The summed E-state index contributed by atoms with van der Waals surface area (Å²) in [6, 6.07) is 9.54. The highest BCUT2D eigenvalue weighted by Gasteiger charge is 2.38. The molecule has 0 N–H and O–H groups in total. The van der Waals surface area contributed by atoms with Crippen LogP contribution in [0.1, 0.15) is 0 Å². The topological polar surface area (TPSA) is 84.2 Å². The van der Waals surface area contributed by atoms with Gasteiger partial charge in [0.25, 0.3) is 10.0 Å². The predicted molar refractivity (Wildman–Crippen MR) is 102 cm³/mol. The number of hydrogen-bond acceptors (Lipinski definition) is 6. The van der Waals surface area contributed by atoms with Gasteiger partial charge in [0.2, 0.25) is 0 Å². The van der Waals surface area contributed by atoms with E-state index in [1.807, 2.05) is 17.0 Å². The number of halogens is 1. The Morgan fingerprint density at radius 2 is 1.82 bits per heavy atom. The molecular weight excluding hydrogens is 383 g/mol. The lowest BCUT2D eigenvalue weighted by Crippen LogP contribution is -2.60. The van der Waals surface area contributed by atoms with Gasteiger partial charge in [0.05, 0.1) is 18.1 Å². The van der Waals surface area contributed by atoms with E-state index >= 15 is 0 Å². The van der Waals surface area contributed by atoms with Gasteiger partial charge in [-0.1, -0.05) is 0 Å². The van der Waals surface area contributed by atoms with Gasteiger partial charge in [0.1, 0.15) is 5.82 Å². The van der Waals surface area contributed by atoms with Crippen LogP contribution in [-0.2, 0) is 17.1 Å². The Labute approximate surface area is 162 Å². The molecule has 1 aliphatic heterocycles. The van der Waals surface area contributed by atoms with E-state index in [2.05, 4.69) is 15.2 Å². The molecule has 3 heterocycles. The van der Waals surface area contributed by atoms with Crippen molar-refractivity contribution in [3.63, 3.8) is 0 Å². The minimum Gasteiger partial charge on any atom is -0.352 e. The Bertz CT molecular complexity index is 1080. The van der Waals surface area contributed by atoms with E-state index in [-0.39, 0.29) is 16.9 Å². The summed E-state index contributed by atoms with van der Waals surface area (Å²) in [7, 11) is -0.330. The van der Waals surface area contributed by atoms with Crippen LogP contribution in [0.15, 0.2) is 53.9 Å². The first kappa shape index (κ1) is 18.5. The second-order valence-corrected chi connectivity index (χ2v) is 8.69. The molecule has 146 valence electrons. The molecule has 3 aromatic rings. The molecule has 0 bridgehead atoms. The molecule has 0 unspecified atom stereocenters. The summed E-state index contributed by atoms with van der Waals surface area (Å²) in [4.78, 5) is 5.90. The van der Waals surface area contributed by atoms with Crippen LogP contribution in [0.5, 0.6) is 0 Å². The molecule has 0 aliphatic carbocycles. The van der Waals surface area contributed by atoms with Gasteiger partial charge < -0.3 is 9.47 Å². The number of aryl methyl sites for hydroxylation is 1. The fourth-order valence-corrected chi connectivity index (χ4v) is 4.31. The molecule has 2 aromatic heterocycles. The van der Waals surface area contributed by atoms with Gasteiger partial charge in [-0.25, -0.2) is 17.8 Å². The first-order chi connectivity index (χ1) is 13.3. The summed E-state index contributed by atoms with van der Waals surface area (Å²) in [6.45, 7) is 1.04. The van der Waals surface area contributed by atoms with Gasteiger partial charge in [-0.05, 0) is 36.4 Å². The molecule has 28 heavy (non-hydrogen) atoms. The molecule has 0 saturated carbocycles. The number of rotatable bonds is 5. The zero-order chi connectivity index (χ0) is 19.9. The average molecular weight is 402 g/mol. The van der Waals surface area contributed by atoms with Gasteiger partial charge in [0.15, 0.2) is 10.8 Å². The van der Waals surface area contributed by atoms with Crippen LogP contribution in [0.25, 0.3) is 11.3 Å². The predicted octanol–water partition coefficient (Wildman–Crippen LogP) is 1.53. The zero-order valence-corrected chi connectivity index (χ0v) is 16.2. The quantitative estimate of drug-likeness (QED) is 0.644. The summed E-state index contributed by atoms with van der Waals surface area (Å²) < 4.78 is 41.2. The summed E-state index contributed by atoms with van der Waals surface area (Å²) in [5, 5.41) is 8.45. The van der Waals surface area contributed by atoms with Gasteiger partial charge in [-0.15, -0.1) is 10.2 Å². The molecule has 4 rings (SSSR count). The van der Waals surface area contributed by atoms with Crippen LogP contribution < -0.4 is 4.90 Å². The molecule has 0 radical (unpaired) electrons. The first-order valence-electron chi connectivity index (χ1n) is 8.65. The Hall–Kier alpha value is -2.85. The monoisotopic (exact) mass is 402 g/mol. The fourth-order valence-electron chi connectivity index (χ4n) is 3.01. The Kier molecular flexibility index (Phi) is 4.60. The lowest BCUT2D eigenvalue weighted by Gasteiger charge is -2.43. The van der Waals surface area contributed by atoms with Crippen molar-refractivity contribution in [1.82, 2.24) is 24.1 Å². The molecule has 0 spiro atoms. The first-order valence-corrected chi connectivity index (χ1v) is 10.1. The van der Waals surface area contributed by atoms with Crippen molar-refractivity contribution in [3.8, 4) is 11.3 Å². The number of imidazole rings is 1. The lowest BCUT2D eigenvalue weighted by molar-refractivity contribution is 0.308. The highest BCUT2D eigenvalue weighted by Crippen LogP contribution is 2.26. The lowest BCUT2D eigenvalue weighted by atomic mass is 10.1. The van der Waals surface area contributed by atoms with Crippen molar-refractivity contribution in [2.75, 3.05) is 25.0 Å². The van der Waals surface area contributed by atoms with E-state index in [0.29, 0.717) is 24.6 Å². The van der Waals surface area contributed by atoms with E-state index in [9.17, 15) is 12.8 Å². The molecule has 0 amide bonds. The molecule has 1 saturated heterocycles. The molecular formula is C18H19FN6O2S. The van der Waals surface area contributed by atoms with E-state index < -0.39 is 10.0 Å². The highest BCUT2D eigenvalue weighted by atomic mass is 32.2. The van der Waals surface area contributed by atoms with Crippen LogP contribution in [0.4, 0.5) is 10.2 Å². The minimum atomic E-state index is -3.62. The Morgan fingerprint density at radius 1 is 1.11 bits per heavy atom. The maximum atomic E-state index is 13.0. The molecule has 1 aromatic carbocycles. The number of anilines is 1. The number of nitrogens with zero attached hydrogens (tertiary/aromatic N) is 6. The normalized spacial score (nSPS) is 15.1. The largest absolute Gasteiger partial charge is 0.352 e. The number of aromatic nitrogens is 4. The third kappa shape index (κ3) is 3.36. The molecule has 1 fully saturated rings. The van der Waals surface area contributed by atoms with Crippen molar-refractivity contribution in [3.05, 3.63) is 54.7 Å². The average Bonchev–Trinajstić information content (AvgIpc) is 3.09. The van der Waals surface area contributed by atoms with E-state index in [1.54, 1.807) is 30.8 Å². The minimum absolute atomic E-state index is 0.0411. The van der Waals surface area contributed by atoms with E-state index in [4.69, 9.17) is 0 Å². The van der Waals surface area contributed by atoms with Gasteiger partial charge in [-0.3, -0.25) is 0 Å². The standard InChI is InChI=1S/C18H19FN6O2S/c1-23-11-18(20-12-23)28(26,27)24(2)15-9-25(10-15)17-8-7-16(21-22-17)13-3-5-14(19)6-4-13/h3-8,11-12,15H,9-10H2,1-2H3. The number of sulfonamides is 1. The SMILES string of the molecule is CN(C1CN(c2ccc(-c3ccc(F)cc3)nn2)C1)S(=O)(=O)c1cn(C)cn1. The summed E-state index contributed by atoms with van der Waals surface area (Å²) in [5.41, 5.74) is 1.43. The van der Waals surface area contributed by atoms with Gasteiger partial charge in [-0.2, -0.15) is 4.31 Å². The van der Waals surface area contributed by atoms with Crippen LogP contribution >= 0.6 is 0 Å². The molecule has 1 aliphatic rings. The van der Waals surface area contributed by atoms with Crippen LogP contribution in [-0.4, -0.2) is 58.7 Å². The maximum Gasteiger partial charge on any atom is 0.262 e. The molecule has 0 atom stereocenters. The maximum absolute atomic E-state index is 13.0.